The molecule has 5 aromatic rings. The summed E-state index contributed by atoms with van der Waals surface area (Å²) in [5.41, 5.74) is 11.9. The molecule has 0 N–H and O–H groups in total. The van der Waals surface area contributed by atoms with Gasteiger partial charge in [-0.2, -0.15) is 0 Å². The van der Waals surface area contributed by atoms with Gasteiger partial charge in [0.1, 0.15) is 0 Å². The summed E-state index contributed by atoms with van der Waals surface area (Å²) in [4.78, 5) is 0. The first-order valence-corrected chi connectivity index (χ1v) is 10.1. The fourth-order valence-corrected chi connectivity index (χ4v) is 5.58. The van der Waals surface area contributed by atoms with E-state index in [1.54, 1.807) is 11.1 Å². The molecule has 0 atom stereocenters. The van der Waals surface area contributed by atoms with Crippen molar-refractivity contribution in [1.82, 2.24) is 0 Å². The molecule has 2 aliphatic rings. The van der Waals surface area contributed by atoms with Crippen molar-refractivity contribution >= 4 is 21.5 Å². The van der Waals surface area contributed by atoms with Crippen LogP contribution in [0.3, 0.4) is 0 Å². The van der Waals surface area contributed by atoms with E-state index in [1.165, 1.54) is 54.9 Å². The van der Waals surface area contributed by atoms with Gasteiger partial charge in [-0.25, -0.2) is 0 Å². The number of rotatable bonds is 0. The van der Waals surface area contributed by atoms with Gasteiger partial charge in [-0.1, -0.05) is 84.9 Å². The summed E-state index contributed by atoms with van der Waals surface area (Å²) in [5.74, 6) is 0. The average molecular weight is 354 g/mol. The molecule has 28 heavy (non-hydrogen) atoms. The second-order valence-electron chi connectivity index (χ2n) is 8.08. The van der Waals surface area contributed by atoms with E-state index >= 15 is 0 Å². The van der Waals surface area contributed by atoms with Gasteiger partial charge < -0.3 is 0 Å². The Bertz CT molecular complexity index is 1450. The van der Waals surface area contributed by atoms with E-state index in [-0.39, 0.29) is 0 Å². The van der Waals surface area contributed by atoms with Crippen LogP contribution in [0.25, 0.3) is 43.8 Å². The second kappa shape index (κ2) is 5.11. The minimum atomic E-state index is 1.06. The fourth-order valence-electron chi connectivity index (χ4n) is 5.58. The number of benzene rings is 5. The highest BCUT2D eigenvalue weighted by atomic mass is 14.3. The van der Waals surface area contributed by atoms with Gasteiger partial charge in [0, 0.05) is 0 Å². The maximum atomic E-state index is 2.36. The lowest BCUT2D eigenvalue weighted by molar-refractivity contribution is 1.17. The van der Waals surface area contributed by atoms with Gasteiger partial charge in [0.15, 0.2) is 0 Å². The summed E-state index contributed by atoms with van der Waals surface area (Å²) in [6.07, 6.45) is 2.12. The van der Waals surface area contributed by atoms with Crippen molar-refractivity contribution in [2.75, 3.05) is 0 Å². The molecule has 0 nitrogen and oxygen atoms in total. The molecule has 0 spiro atoms. The minimum absolute atomic E-state index is 1.06. The Hall–Kier alpha value is -3.38. The Labute approximate surface area is 164 Å². The maximum Gasteiger partial charge on any atom is -0.00101 e. The Morgan fingerprint density at radius 1 is 0.464 bits per heavy atom. The summed E-state index contributed by atoms with van der Waals surface area (Å²) < 4.78 is 0. The molecule has 0 bridgehead atoms. The van der Waals surface area contributed by atoms with Gasteiger partial charge in [0.2, 0.25) is 0 Å². The molecule has 0 aromatic heterocycles. The lowest BCUT2D eigenvalue weighted by atomic mass is 9.86. The molecule has 0 radical (unpaired) electrons. The van der Waals surface area contributed by atoms with Crippen LogP contribution in [0.2, 0.25) is 0 Å². The zero-order chi connectivity index (χ0) is 18.2. The van der Waals surface area contributed by atoms with Crippen LogP contribution in [0.4, 0.5) is 0 Å². The summed E-state index contributed by atoms with van der Waals surface area (Å²) in [7, 11) is 0. The van der Waals surface area contributed by atoms with Crippen molar-refractivity contribution in [3.63, 3.8) is 0 Å². The third-order valence-electron chi connectivity index (χ3n) is 6.72. The van der Waals surface area contributed by atoms with Crippen LogP contribution in [0.1, 0.15) is 22.3 Å². The third-order valence-corrected chi connectivity index (χ3v) is 6.72. The van der Waals surface area contributed by atoms with E-state index in [0.29, 0.717) is 0 Å². The fraction of sp³-hybridized carbons (Fsp3) is 0.0714. The monoisotopic (exact) mass is 354 g/mol. The van der Waals surface area contributed by atoms with E-state index in [0.717, 1.165) is 12.8 Å². The number of fused-ring (bicyclic) bond motifs is 12. The van der Waals surface area contributed by atoms with Gasteiger partial charge in [-0.3, -0.25) is 0 Å². The summed E-state index contributed by atoms with van der Waals surface area (Å²) in [5, 5.41) is 5.55. The van der Waals surface area contributed by atoms with Crippen LogP contribution >= 0.6 is 0 Å². The van der Waals surface area contributed by atoms with E-state index in [9.17, 15) is 0 Å². The van der Waals surface area contributed by atoms with Crippen molar-refractivity contribution < 1.29 is 0 Å². The first-order chi connectivity index (χ1) is 13.9. The number of hydrogen-bond acceptors (Lipinski definition) is 0. The van der Waals surface area contributed by atoms with Crippen LogP contribution in [0.5, 0.6) is 0 Å². The van der Waals surface area contributed by atoms with Gasteiger partial charge in [0.05, 0.1) is 0 Å². The van der Waals surface area contributed by atoms with E-state index in [4.69, 9.17) is 0 Å². The highest BCUT2D eigenvalue weighted by Gasteiger charge is 2.31. The average Bonchev–Trinajstić information content (AvgIpc) is 3.32. The molecule has 7 rings (SSSR count). The van der Waals surface area contributed by atoms with Crippen LogP contribution in [0, 0.1) is 0 Å². The normalized spacial score (nSPS) is 13.4. The van der Waals surface area contributed by atoms with E-state index in [1.807, 2.05) is 0 Å². The Kier molecular flexibility index (Phi) is 2.67. The molecule has 5 aromatic carbocycles. The second-order valence-corrected chi connectivity index (χ2v) is 8.08. The largest absolute Gasteiger partial charge is 0.0619 e. The van der Waals surface area contributed by atoms with Gasteiger partial charge in [-0.05, 0) is 78.9 Å². The first kappa shape index (κ1) is 14.6. The molecule has 0 unspecified atom stereocenters. The summed E-state index contributed by atoms with van der Waals surface area (Å²) >= 11 is 0. The zero-order valence-electron chi connectivity index (χ0n) is 15.5. The van der Waals surface area contributed by atoms with Crippen LogP contribution in [-0.4, -0.2) is 0 Å². The predicted octanol–water partition coefficient (Wildman–Crippen LogP) is 7.14. The SMILES string of the molecule is c1ccc2c(c1)Cc1c3c(c4c(ccc5ccccc54)c1-2)-c1ccccc1C3. The molecule has 0 saturated heterocycles. The molecule has 130 valence electrons. The Balaban J connectivity index is 1.76. The topological polar surface area (TPSA) is 0 Å². The standard InChI is InChI=1S/C28H18/c1-4-10-20-17(7-1)13-14-23-26-21-11-5-2-8-18(21)15-24(26)25-16-19-9-3-6-12-22(19)28(25)27(20)23/h1-14H,15-16H2. The quantitative estimate of drug-likeness (QED) is 0.254. The molecule has 0 amide bonds. The van der Waals surface area contributed by atoms with E-state index in [2.05, 4.69) is 84.9 Å². The van der Waals surface area contributed by atoms with Crippen molar-refractivity contribution in [2.45, 2.75) is 12.8 Å². The lowest BCUT2D eigenvalue weighted by Crippen LogP contribution is -1.94. The maximum absolute atomic E-state index is 2.36. The Morgan fingerprint density at radius 3 is 1.86 bits per heavy atom. The van der Waals surface area contributed by atoms with Gasteiger partial charge in [-0.15, -0.1) is 0 Å². The van der Waals surface area contributed by atoms with Crippen LogP contribution < -0.4 is 0 Å². The van der Waals surface area contributed by atoms with Crippen LogP contribution in [-0.2, 0) is 12.8 Å². The number of hydrogen-bond donors (Lipinski definition) is 0. The van der Waals surface area contributed by atoms with Crippen molar-refractivity contribution in [1.29, 1.82) is 0 Å². The van der Waals surface area contributed by atoms with Gasteiger partial charge >= 0.3 is 0 Å². The van der Waals surface area contributed by atoms with Gasteiger partial charge in [0.25, 0.3) is 0 Å². The smallest absolute Gasteiger partial charge is 0.00101 e. The zero-order valence-corrected chi connectivity index (χ0v) is 15.5. The molecular formula is C28H18. The predicted molar refractivity (Wildman–Crippen MR) is 118 cm³/mol. The molecule has 0 saturated carbocycles. The Morgan fingerprint density at radius 2 is 1.07 bits per heavy atom. The molecule has 0 heterocycles. The van der Waals surface area contributed by atoms with Crippen molar-refractivity contribution in [3.8, 4) is 22.3 Å². The van der Waals surface area contributed by atoms with Crippen molar-refractivity contribution in [3.05, 3.63) is 107 Å². The molecule has 0 aliphatic heterocycles. The van der Waals surface area contributed by atoms with Crippen LogP contribution in [0.15, 0.2) is 84.9 Å². The summed E-state index contributed by atoms with van der Waals surface area (Å²) in [6, 6.07) is 31.5. The third kappa shape index (κ3) is 1.71. The van der Waals surface area contributed by atoms with Crippen molar-refractivity contribution in [2.24, 2.45) is 0 Å². The molecule has 0 heteroatoms. The highest BCUT2D eigenvalue weighted by Crippen LogP contribution is 2.52. The summed E-state index contributed by atoms with van der Waals surface area (Å²) in [6.45, 7) is 0. The molecule has 0 fully saturated rings. The minimum Gasteiger partial charge on any atom is -0.0619 e. The lowest BCUT2D eigenvalue weighted by Gasteiger charge is -2.16. The van der Waals surface area contributed by atoms with E-state index < -0.39 is 0 Å². The molecular weight excluding hydrogens is 336 g/mol. The highest BCUT2D eigenvalue weighted by molar-refractivity contribution is 6.21. The molecule has 2 aliphatic carbocycles. The first-order valence-electron chi connectivity index (χ1n) is 10.1.